The molecular weight excluding hydrogens is 190 g/mol. The number of carbonyl (C=O) groups is 1. The second kappa shape index (κ2) is 4.04. The first kappa shape index (κ1) is 9.58. The van der Waals surface area contributed by atoms with Crippen molar-refractivity contribution in [3.8, 4) is 0 Å². The number of rotatable bonds is 3. The normalized spacial score (nSPS) is 10.2. The largest absolute Gasteiger partial charge is 0.331 e. The summed E-state index contributed by atoms with van der Waals surface area (Å²) in [5.74, 6) is 0.0358. The highest BCUT2D eigenvalue weighted by molar-refractivity contribution is 5.95. The Balaban J connectivity index is 2.15. The van der Waals surface area contributed by atoms with Gasteiger partial charge in [-0.3, -0.25) is 9.78 Å². The molecule has 4 nitrogen and oxygen atoms in total. The van der Waals surface area contributed by atoms with Crippen LogP contribution in [0.3, 0.4) is 0 Å². The minimum Gasteiger partial charge on any atom is -0.331 e. The lowest BCUT2D eigenvalue weighted by molar-refractivity contribution is 0.0984. The monoisotopic (exact) mass is 201 g/mol. The Hall–Kier alpha value is -1.97. The molecule has 0 spiro atoms. The molecule has 0 saturated heterocycles. The molecule has 0 unspecified atom stereocenters. The first-order valence-corrected chi connectivity index (χ1v) is 4.67. The van der Waals surface area contributed by atoms with Gasteiger partial charge in [-0.2, -0.15) is 0 Å². The fourth-order valence-electron chi connectivity index (χ4n) is 1.38. The van der Waals surface area contributed by atoms with Crippen LogP contribution in [0.15, 0.2) is 36.9 Å². The van der Waals surface area contributed by atoms with Crippen LogP contribution < -0.4 is 0 Å². The number of imidazole rings is 1. The second-order valence-electron chi connectivity index (χ2n) is 3.31. The van der Waals surface area contributed by atoms with Crippen LogP contribution in [-0.2, 0) is 13.5 Å². The van der Waals surface area contributed by atoms with Crippen LogP contribution in [0.1, 0.15) is 16.2 Å². The molecular formula is C11H11N3O. The maximum atomic E-state index is 11.8. The quantitative estimate of drug-likeness (QED) is 0.702. The van der Waals surface area contributed by atoms with Gasteiger partial charge in [-0.1, -0.05) is 6.07 Å². The highest BCUT2D eigenvalue weighted by atomic mass is 16.1. The third-order valence-electron chi connectivity index (χ3n) is 2.17. The van der Waals surface area contributed by atoms with Gasteiger partial charge in [0.25, 0.3) is 0 Å². The summed E-state index contributed by atoms with van der Waals surface area (Å²) in [6.07, 6.45) is 5.20. The van der Waals surface area contributed by atoms with E-state index < -0.39 is 0 Å². The third-order valence-corrected chi connectivity index (χ3v) is 2.17. The van der Waals surface area contributed by atoms with Crippen LogP contribution in [0.5, 0.6) is 0 Å². The molecule has 0 N–H and O–H groups in total. The predicted molar refractivity (Wildman–Crippen MR) is 55.5 cm³/mol. The number of aromatic nitrogens is 3. The maximum absolute atomic E-state index is 11.8. The number of hydrogen-bond donors (Lipinski definition) is 0. The lowest BCUT2D eigenvalue weighted by Crippen LogP contribution is -2.09. The summed E-state index contributed by atoms with van der Waals surface area (Å²) >= 11 is 0. The van der Waals surface area contributed by atoms with Crippen LogP contribution in [0.25, 0.3) is 0 Å². The van der Waals surface area contributed by atoms with Gasteiger partial charge in [0.1, 0.15) is 5.69 Å². The maximum Gasteiger partial charge on any atom is 0.186 e. The van der Waals surface area contributed by atoms with Crippen molar-refractivity contribution < 1.29 is 4.79 Å². The molecule has 2 aromatic rings. The molecule has 2 rings (SSSR count). The van der Waals surface area contributed by atoms with Gasteiger partial charge < -0.3 is 4.57 Å². The Kier molecular flexibility index (Phi) is 2.58. The van der Waals surface area contributed by atoms with Crippen molar-refractivity contribution >= 4 is 5.78 Å². The fourth-order valence-corrected chi connectivity index (χ4v) is 1.38. The Morgan fingerprint density at radius 1 is 1.47 bits per heavy atom. The minimum absolute atomic E-state index is 0.0358. The van der Waals surface area contributed by atoms with Crippen molar-refractivity contribution in [2.24, 2.45) is 7.05 Å². The molecule has 0 saturated carbocycles. The summed E-state index contributed by atoms with van der Waals surface area (Å²) in [7, 11) is 1.80. The summed E-state index contributed by atoms with van der Waals surface area (Å²) in [5, 5.41) is 0. The SMILES string of the molecule is Cn1cncc1C(=O)Cc1ccccn1. The lowest BCUT2D eigenvalue weighted by Gasteiger charge is -2.00. The molecule has 0 radical (unpaired) electrons. The van der Waals surface area contributed by atoms with Gasteiger partial charge in [-0.25, -0.2) is 4.98 Å². The summed E-state index contributed by atoms with van der Waals surface area (Å²) in [6, 6.07) is 5.55. The number of pyridine rings is 1. The van der Waals surface area contributed by atoms with Crippen molar-refractivity contribution in [2.75, 3.05) is 0 Å². The van der Waals surface area contributed by atoms with E-state index in [0.29, 0.717) is 12.1 Å². The molecule has 2 heterocycles. The summed E-state index contributed by atoms with van der Waals surface area (Å²) in [4.78, 5) is 19.8. The highest BCUT2D eigenvalue weighted by Crippen LogP contribution is 2.03. The van der Waals surface area contributed by atoms with Crippen molar-refractivity contribution in [1.82, 2.24) is 14.5 Å². The van der Waals surface area contributed by atoms with Gasteiger partial charge in [0.15, 0.2) is 5.78 Å². The molecule has 0 amide bonds. The zero-order chi connectivity index (χ0) is 10.7. The first-order chi connectivity index (χ1) is 7.27. The van der Waals surface area contributed by atoms with Crippen molar-refractivity contribution in [1.29, 1.82) is 0 Å². The molecule has 0 aromatic carbocycles. The van der Waals surface area contributed by atoms with Gasteiger partial charge in [-0.05, 0) is 12.1 Å². The highest BCUT2D eigenvalue weighted by Gasteiger charge is 2.10. The third kappa shape index (κ3) is 2.10. The van der Waals surface area contributed by atoms with E-state index in [0.717, 1.165) is 5.69 Å². The Bertz CT molecular complexity index is 462. The minimum atomic E-state index is 0.0358. The second-order valence-corrected chi connectivity index (χ2v) is 3.31. The van der Waals surface area contributed by atoms with E-state index in [-0.39, 0.29) is 5.78 Å². The molecule has 0 bridgehead atoms. The van der Waals surface area contributed by atoms with Crippen LogP contribution in [-0.4, -0.2) is 20.3 Å². The molecule has 0 fully saturated rings. The van der Waals surface area contributed by atoms with Crippen molar-refractivity contribution in [3.05, 3.63) is 48.3 Å². The number of aryl methyl sites for hydroxylation is 1. The molecule has 0 aliphatic rings. The van der Waals surface area contributed by atoms with Crippen molar-refractivity contribution in [3.63, 3.8) is 0 Å². The number of hydrogen-bond acceptors (Lipinski definition) is 3. The van der Waals surface area contributed by atoms with Crippen LogP contribution in [0.4, 0.5) is 0 Å². The van der Waals surface area contributed by atoms with Crippen molar-refractivity contribution in [2.45, 2.75) is 6.42 Å². The first-order valence-electron chi connectivity index (χ1n) is 4.67. The zero-order valence-electron chi connectivity index (χ0n) is 8.42. The number of carbonyl (C=O) groups excluding carboxylic acids is 1. The van der Waals surface area contributed by atoms with E-state index in [1.54, 1.807) is 30.3 Å². The summed E-state index contributed by atoms with van der Waals surface area (Å²) < 4.78 is 1.71. The van der Waals surface area contributed by atoms with Gasteiger partial charge in [-0.15, -0.1) is 0 Å². The van der Waals surface area contributed by atoms with E-state index in [1.165, 1.54) is 0 Å². The molecule has 76 valence electrons. The van der Waals surface area contributed by atoms with Gasteiger partial charge in [0.05, 0.1) is 18.9 Å². The standard InChI is InChI=1S/C11H11N3O/c1-14-8-12-7-10(14)11(15)6-9-4-2-3-5-13-9/h2-5,7-8H,6H2,1H3. The number of ketones is 1. The van der Waals surface area contributed by atoms with E-state index in [1.807, 2.05) is 18.2 Å². The molecule has 15 heavy (non-hydrogen) atoms. The lowest BCUT2D eigenvalue weighted by atomic mass is 10.1. The van der Waals surface area contributed by atoms with E-state index in [4.69, 9.17) is 0 Å². The molecule has 0 atom stereocenters. The predicted octanol–water partition coefficient (Wildman–Crippen LogP) is 1.24. The smallest absolute Gasteiger partial charge is 0.186 e. The van der Waals surface area contributed by atoms with Gasteiger partial charge in [0, 0.05) is 18.9 Å². The molecule has 2 aromatic heterocycles. The topological polar surface area (TPSA) is 47.8 Å². The summed E-state index contributed by atoms with van der Waals surface area (Å²) in [6.45, 7) is 0. The Morgan fingerprint density at radius 2 is 2.33 bits per heavy atom. The Morgan fingerprint density at radius 3 is 2.93 bits per heavy atom. The van der Waals surface area contributed by atoms with Crippen LogP contribution >= 0.6 is 0 Å². The summed E-state index contributed by atoms with van der Waals surface area (Å²) in [5.41, 5.74) is 1.39. The average molecular weight is 201 g/mol. The van der Waals surface area contributed by atoms with E-state index in [2.05, 4.69) is 9.97 Å². The number of nitrogens with zero attached hydrogens (tertiary/aromatic N) is 3. The zero-order valence-corrected chi connectivity index (χ0v) is 8.42. The number of Topliss-reactive ketones (excluding diaryl/α,β-unsaturated/α-hetero) is 1. The average Bonchev–Trinajstić information content (AvgIpc) is 2.66. The van der Waals surface area contributed by atoms with Crippen LogP contribution in [0, 0.1) is 0 Å². The van der Waals surface area contributed by atoms with E-state index >= 15 is 0 Å². The van der Waals surface area contributed by atoms with Crippen LogP contribution in [0.2, 0.25) is 0 Å². The van der Waals surface area contributed by atoms with E-state index in [9.17, 15) is 4.79 Å². The van der Waals surface area contributed by atoms with Gasteiger partial charge in [0.2, 0.25) is 0 Å². The van der Waals surface area contributed by atoms with Gasteiger partial charge >= 0.3 is 0 Å². The Labute approximate surface area is 87.6 Å². The molecule has 4 heteroatoms. The molecule has 0 aliphatic carbocycles. The molecule has 0 aliphatic heterocycles. The fraction of sp³-hybridized carbons (Fsp3) is 0.182.